The van der Waals surface area contributed by atoms with Crippen LogP contribution < -0.4 is 0 Å². The summed E-state index contributed by atoms with van der Waals surface area (Å²) in [5.41, 5.74) is 2.24. The molecule has 5 nitrogen and oxygen atoms in total. The van der Waals surface area contributed by atoms with Crippen LogP contribution in [0.1, 0.15) is 18.1 Å². The molecule has 1 unspecified atom stereocenters. The van der Waals surface area contributed by atoms with Crippen LogP contribution in [-0.4, -0.2) is 25.7 Å². The van der Waals surface area contributed by atoms with Crippen molar-refractivity contribution in [2.45, 2.75) is 12.5 Å². The first-order valence-corrected chi connectivity index (χ1v) is 5.55. The molecule has 94 valence electrons. The first-order valence-electron chi connectivity index (χ1n) is 5.55. The Morgan fingerprint density at radius 3 is 2.78 bits per heavy atom. The van der Waals surface area contributed by atoms with E-state index < -0.39 is 12.1 Å². The number of hydrogen-bond donors (Lipinski definition) is 2. The molecule has 1 aromatic carbocycles. The molecule has 1 heterocycles. The fourth-order valence-corrected chi connectivity index (χ4v) is 1.91. The van der Waals surface area contributed by atoms with E-state index in [4.69, 9.17) is 5.11 Å². The molecule has 0 aliphatic carbocycles. The Morgan fingerprint density at radius 2 is 2.17 bits per heavy atom. The molecule has 0 aliphatic heterocycles. The van der Waals surface area contributed by atoms with Gasteiger partial charge in [-0.2, -0.15) is 0 Å². The van der Waals surface area contributed by atoms with Crippen LogP contribution in [0.2, 0.25) is 0 Å². The van der Waals surface area contributed by atoms with Gasteiger partial charge in [-0.1, -0.05) is 24.3 Å². The summed E-state index contributed by atoms with van der Waals surface area (Å²) < 4.78 is 1.83. The maximum atomic E-state index is 10.7. The number of aromatic nitrogens is 2. The van der Waals surface area contributed by atoms with E-state index in [9.17, 15) is 9.90 Å². The lowest BCUT2D eigenvalue weighted by Crippen LogP contribution is -2.07. The van der Waals surface area contributed by atoms with Gasteiger partial charge in [-0.25, -0.2) is 4.98 Å². The molecule has 2 rings (SSSR count). The first kappa shape index (κ1) is 12.3. The normalized spacial score (nSPS) is 12.3. The van der Waals surface area contributed by atoms with Gasteiger partial charge in [-0.3, -0.25) is 4.79 Å². The first-order chi connectivity index (χ1) is 8.59. The summed E-state index contributed by atoms with van der Waals surface area (Å²) in [5, 5.41) is 18.7. The number of aliphatic carboxylic acids is 1. The molecule has 18 heavy (non-hydrogen) atoms. The molecular weight excluding hydrogens is 232 g/mol. The van der Waals surface area contributed by atoms with Crippen LogP contribution in [0.25, 0.3) is 11.3 Å². The molecule has 0 amide bonds. The van der Waals surface area contributed by atoms with Crippen molar-refractivity contribution < 1.29 is 15.0 Å². The quantitative estimate of drug-likeness (QED) is 0.859. The Kier molecular flexibility index (Phi) is 3.43. The van der Waals surface area contributed by atoms with E-state index in [1.54, 1.807) is 24.7 Å². The molecule has 2 N–H and O–H groups in total. The van der Waals surface area contributed by atoms with Gasteiger partial charge < -0.3 is 14.8 Å². The smallest absolute Gasteiger partial charge is 0.306 e. The van der Waals surface area contributed by atoms with Gasteiger partial charge in [-0.05, 0) is 5.56 Å². The number of hydrogen-bond acceptors (Lipinski definition) is 3. The zero-order valence-corrected chi connectivity index (χ0v) is 9.95. The Labute approximate surface area is 104 Å². The van der Waals surface area contributed by atoms with E-state index in [0.717, 1.165) is 11.3 Å². The molecular formula is C13H14N2O3. The molecule has 0 saturated carbocycles. The van der Waals surface area contributed by atoms with Crippen molar-refractivity contribution >= 4 is 5.97 Å². The lowest BCUT2D eigenvalue weighted by atomic mass is 9.98. The second kappa shape index (κ2) is 5.01. The number of nitrogens with zero attached hydrogens (tertiary/aromatic N) is 2. The van der Waals surface area contributed by atoms with Crippen LogP contribution in [0.4, 0.5) is 0 Å². The molecule has 0 saturated heterocycles. The predicted octanol–water partition coefficient (Wildman–Crippen LogP) is 1.60. The summed E-state index contributed by atoms with van der Waals surface area (Å²) in [4.78, 5) is 14.7. The summed E-state index contributed by atoms with van der Waals surface area (Å²) in [6.07, 6.45) is 2.02. The predicted molar refractivity (Wildman–Crippen MR) is 65.9 cm³/mol. The Bertz CT molecular complexity index is 563. The van der Waals surface area contributed by atoms with E-state index in [1.807, 2.05) is 23.7 Å². The number of carbonyl (C=O) groups is 1. The van der Waals surface area contributed by atoms with Gasteiger partial charge in [0.15, 0.2) is 0 Å². The van der Waals surface area contributed by atoms with Crippen LogP contribution >= 0.6 is 0 Å². The molecule has 0 radical (unpaired) electrons. The molecule has 2 aromatic rings. The maximum Gasteiger partial charge on any atom is 0.306 e. The highest BCUT2D eigenvalue weighted by Crippen LogP contribution is 2.29. The molecule has 1 atom stereocenters. The van der Waals surface area contributed by atoms with Gasteiger partial charge in [0.25, 0.3) is 0 Å². The van der Waals surface area contributed by atoms with Gasteiger partial charge in [0.2, 0.25) is 0 Å². The van der Waals surface area contributed by atoms with Gasteiger partial charge in [0.05, 0.1) is 30.7 Å². The molecule has 0 spiro atoms. The summed E-state index contributed by atoms with van der Waals surface area (Å²) in [6, 6.07) is 7.20. The standard InChI is InChI=1S/C13H14N2O3/c1-15-8-14-7-11(15)9-4-2-3-5-10(9)12(16)6-13(17)18/h2-5,7-8,12,16H,6H2,1H3,(H,17,18). The Morgan fingerprint density at radius 1 is 1.44 bits per heavy atom. The van der Waals surface area contributed by atoms with Crippen molar-refractivity contribution in [2.24, 2.45) is 7.05 Å². The zero-order valence-electron chi connectivity index (χ0n) is 9.95. The van der Waals surface area contributed by atoms with Gasteiger partial charge in [0.1, 0.15) is 0 Å². The van der Waals surface area contributed by atoms with Crippen LogP contribution in [0.3, 0.4) is 0 Å². The fraction of sp³-hybridized carbons (Fsp3) is 0.231. The molecule has 0 fully saturated rings. The largest absolute Gasteiger partial charge is 0.481 e. The number of imidazole rings is 1. The summed E-state index contributed by atoms with van der Waals surface area (Å²) in [6.45, 7) is 0. The van der Waals surface area contributed by atoms with E-state index in [0.29, 0.717) is 5.56 Å². The second-order valence-electron chi connectivity index (χ2n) is 4.09. The number of benzene rings is 1. The number of carboxylic acids is 1. The van der Waals surface area contributed by atoms with E-state index in [2.05, 4.69) is 4.98 Å². The van der Waals surface area contributed by atoms with Crippen molar-refractivity contribution in [2.75, 3.05) is 0 Å². The SMILES string of the molecule is Cn1cncc1-c1ccccc1C(O)CC(=O)O. The Balaban J connectivity index is 2.43. The molecule has 0 aliphatic rings. The third-order valence-electron chi connectivity index (χ3n) is 2.78. The third-order valence-corrected chi connectivity index (χ3v) is 2.78. The van der Waals surface area contributed by atoms with E-state index in [-0.39, 0.29) is 6.42 Å². The van der Waals surface area contributed by atoms with Gasteiger partial charge in [0, 0.05) is 12.6 Å². The van der Waals surface area contributed by atoms with Crippen molar-refractivity contribution in [1.82, 2.24) is 9.55 Å². The summed E-state index contributed by atoms with van der Waals surface area (Å²) in [5.74, 6) is -1.03. The van der Waals surface area contributed by atoms with Crippen LogP contribution in [0, 0.1) is 0 Å². The number of carboxylic acid groups (broad SMARTS) is 1. The number of aryl methyl sites for hydroxylation is 1. The average Bonchev–Trinajstić information content (AvgIpc) is 2.74. The number of aliphatic hydroxyl groups excluding tert-OH is 1. The second-order valence-corrected chi connectivity index (χ2v) is 4.09. The van der Waals surface area contributed by atoms with Crippen molar-refractivity contribution in [3.05, 3.63) is 42.4 Å². The van der Waals surface area contributed by atoms with E-state index in [1.165, 1.54) is 0 Å². The highest BCUT2D eigenvalue weighted by atomic mass is 16.4. The minimum Gasteiger partial charge on any atom is -0.481 e. The highest BCUT2D eigenvalue weighted by Gasteiger charge is 2.17. The average molecular weight is 246 g/mol. The lowest BCUT2D eigenvalue weighted by Gasteiger charge is -2.14. The third kappa shape index (κ3) is 2.41. The summed E-state index contributed by atoms with van der Waals surface area (Å²) in [7, 11) is 1.85. The van der Waals surface area contributed by atoms with Gasteiger partial charge >= 0.3 is 5.97 Å². The summed E-state index contributed by atoms with van der Waals surface area (Å²) >= 11 is 0. The Hall–Kier alpha value is -2.14. The minimum atomic E-state index is -1.03. The van der Waals surface area contributed by atoms with Crippen LogP contribution in [-0.2, 0) is 11.8 Å². The molecule has 5 heteroatoms. The van der Waals surface area contributed by atoms with Crippen LogP contribution in [0.5, 0.6) is 0 Å². The van der Waals surface area contributed by atoms with Crippen LogP contribution in [0.15, 0.2) is 36.8 Å². The van der Waals surface area contributed by atoms with Crippen molar-refractivity contribution in [1.29, 1.82) is 0 Å². The maximum absolute atomic E-state index is 10.7. The topological polar surface area (TPSA) is 75.3 Å². The van der Waals surface area contributed by atoms with E-state index >= 15 is 0 Å². The highest BCUT2D eigenvalue weighted by molar-refractivity contribution is 5.70. The minimum absolute atomic E-state index is 0.311. The fourth-order valence-electron chi connectivity index (χ4n) is 1.91. The lowest BCUT2D eigenvalue weighted by molar-refractivity contribution is -0.139. The van der Waals surface area contributed by atoms with Crippen molar-refractivity contribution in [3.63, 3.8) is 0 Å². The molecule has 1 aromatic heterocycles. The monoisotopic (exact) mass is 246 g/mol. The number of rotatable bonds is 4. The van der Waals surface area contributed by atoms with Gasteiger partial charge in [-0.15, -0.1) is 0 Å². The zero-order chi connectivity index (χ0) is 13.1. The number of aliphatic hydroxyl groups is 1. The van der Waals surface area contributed by atoms with Crippen molar-refractivity contribution in [3.8, 4) is 11.3 Å². The molecule has 0 bridgehead atoms.